The van der Waals surface area contributed by atoms with Crippen LogP contribution in [0.3, 0.4) is 0 Å². The summed E-state index contributed by atoms with van der Waals surface area (Å²) in [5, 5.41) is 0. The second-order valence-electron chi connectivity index (χ2n) is 1.66. The molecule has 0 aromatic heterocycles. The minimum absolute atomic E-state index is 0.152. The second-order valence-corrected chi connectivity index (χ2v) is 1.66. The van der Waals surface area contributed by atoms with Gasteiger partial charge in [0.2, 0.25) is 5.91 Å². The number of hydrogen-bond acceptors (Lipinski definition) is 1. The molecule has 2 nitrogen and oxygen atoms in total. The summed E-state index contributed by atoms with van der Waals surface area (Å²) in [5.74, 6) is 2.81. The van der Waals surface area contributed by atoms with Crippen LogP contribution in [0, 0.1) is 12.0 Å². The molecule has 0 bridgehead atoms. The van der Waals surface area contributed by atoms with Gasteiger partial charge in [0.25, 0.3) is 0 Å². The van der Waals surface area contributed by atoms with Crippen molar-refractivity contribution in [1.82, 2.24) is 4.90 Å². The predicted octanol–water partition coefficient (Wildman–Crippen LogP) is 0.200. The Morgan fingerprint density at radius 1 is 1.75 bits per heavy atom. The number of carbonyl (C=O) groups is 1. The monoisotopic (exact) mass is 109 g/mol. The van der Waals surface area contributed by atoms with E-state index in [4.69, 9.17) is 0 Å². The zero-order valence-electron chi connectivity index (χ0n) is 4.77. The molecule has 1 heterocycles. The molecule has 1 aliphatic rings. The molecule has 42 valence electrons. The molecule has 1 rings (SSSR count). The van der Waals surface area contributed by atoms with Crippen LogP contribution < -0.4 is 0 Å². The third-order valence-corrected chi connectivity index (χ3v) is 1.10. The van der Waals surface area contributed by atoms with E-state index in [9.17, 15) is 4.79 Å². The van der Waals surface area contributed by atoms with E-state index >= 15 is 0 Å². The van der Waals surface area contributed by atoms with Gasteiger partial charge in [-0.15, -0.1) is 0 Å². The first kappa shape index (κ1) is 5.17. The Balaban J connectivity index is 2.46. The van der Waals surface area contributed by atoms with Crippen molar-refractivity contribution in [2.45, 2.75) is 13.3 Å². The van der Waals surface area contributed by atoms with Gasteiger partial charge in [-0.25, -0.2) is 0 Å². The highest BCUT2D eigenvalue weighted by Crippen LogP contribution is 2.04. The summed E-state index contributed by atoms with van der Waals surface area (Å²) in [6.45, 7) is 2.55. The summed E-state index contributed by atoms with van der Waals surface area (Å²) in [4.78, 5) is 12.0. The van der Waals surface area contributed by atoms with E-state index in [0.717, 1.165) is 6.54 Å². The Morgan fingerprint density at radius 3 is 2.62 bits per heavy atom. The first-order valence-corrected chi connectivity index (χ1v) is 2.57. The van der Waals surface area contributed by atoms with E-state index < -0.39 is 0 Å². The third-order valence-electron chi connectivity index (χ3n) is 1.10. The van der Waals surface area contributed by atoms with Gasteiger partial charge in [0.1, 0.15) is 0 Å². The fourth-order valence-corrected chi connectivity index (χ4v) is 0.568. The highest BCUT2D eigenvalue weighted by molar-refractivity contribution is 5.83. The molecule has 1 aliphatic heterocycles. The van der Waals surface area contributed by atoms with Gasteiger partial charge < -0.3 is 0 Å². The van der Waals surface area contributed by atoms with Crippen LogP contribution in [0.1, 0.15) is 13.3 Å². The Hall–Kier alpha value is -0.970. The highest BCUT2D eigenvalue weighted by atomic mass is 16.2. The third kappa shape index (κ3) is 0.671. The minimum Gasteiger partial charge on any atom is -0.274 e. The molecule has 0 saturated carbocycles. The number of β-lactam (4-membered cyclic amide) rings is 1. The van der Waals surface area contributed by atoms with Crippen LogP contribution in [-0.2, 0) is 4.79 Å². The van der Waals surface area contributed by atoms with Crippen LogP contribution >= 0.6 is 0 Å². The van der Waals surface area contributed by atoms with Crippen molar-refractivity contribution >= 4 is 5.91 Å². The molecule has 0 N–H and O–H groups in total. The van der Waals surface area contributed by atoms with Gasteiger partial charge in [0.15, 0.2) is 0 Å². The summed E-state index contributed by atoms with van der Waals surface area (Å²) in [6.07, 6.45) is 0.675. The molecule has 0 radical (unpaired) electrons. The van der Waals surface area contributed by atoms with E-state index in [1.807, 2.05) is 0 Å². The molecule has 0 aromatic carbocycles. The average Bonchev–Trinajstić information content (AvgIpc) is 1.79. The Kier molecular flexibility index (Phi) is 1.21. The van der Waals surface area contributed by atoms with Gasteiger partial charge in [-0.3, -0.25) is 9.69 Å². The van der Waals surface area contributed by atoms with Crippen molar-refractivity contribution in [2.75, 3.05) is 6.54 Å². The van der Waals surface area contributed by atoms with Crippen molar-refractivity contribution in [1.29, 1.82) is 0 Å². The van der Waals surface area contributed by atoms with Crippen molar-refractivity contribution in [3.05, 3.63) is 0 Å². The van der Waals surface area contributed by atoms with E-state index in [1.165, 1.54) is 4.90 Å². The standard InChI is InChI=1S/C6H7NO/c1-2-4-7-5-3-6(7)8/h3,5H2,1H3. The molecule has 1 fully saturated rings. The van der Waals surface area contributed by atoms with Crippen molar-refractivity contribution in [3.63, 3.8) is 0 Å². The SMILES string of the molecule is CC#CN1CCC1=O. The lowest BCUT2D eigenvalue weighted by atomic mass is 10.2. The fraction of sp³-hybridized carbons (Fsp3) is 0.500. The van der Waals surface area contributed by atoms with E-state index in [1.54, 1.807) is 6.92 Å². The van der Waals surface area contributed by atoms with Crippen LogP contribution in [-0.4, -0.2) is 17.4 Å². The highest BCUT2D eigenvalue weighted by Gasteiger charge is 2.20. The Bertz CT molecular complexity index is 163. The number of nitrogens with zero attached hydrogens (tertiary/aromatic N) is 1. The molecule has 1 saturated heterocycles. The van der Waals surface area contributed by atoms with Gasteiger partial charge >= 0.3 is 0 Å². The largest absolute Gasteiger partial charge is 0.274 e. The molecular formula is C6H7NO. The molecule has 8 heavy (non-hydrogen) atoms. The number of likely N-dealkylation sites (tertiary alicyclic amines) is 1. The second kappa shape index (κ2) is 1.87. The maximum Gasteiger partial charge on any atom is 0.235 e. The van der Waals surface area contributed by atoms with Gasteiger partial charge in [0, 0.05) is 19.0 Å². The number of amides is 1. The van der Waals surface area contributed by atoms with Gasteiger partial charge in [0.05, 0.1) is 0 Å². The Morgan fingerprint density at radius 2 is 2.50 bits per heavy atom. The molecule has 2 heteroatoms. The lowest BCUT2D eigenvalue weighted by Crippen LogP contribution is -2.39. The zero-order chi connectivity index (χ0) is 5.98. The normalized spacial score (nSPS) is 16.6. The summed E-state index contributed by atoms with van der Waals surface area (Å²) in [6, 6.07) is 2.67. The van der Waals surface area contributed by atoms with Crippen LogP contribution in [0.5, 0.6) is 0 Å². The molecule has 0 atom stereocenters. The van der Waals surface area contributed by atoms with Crippen LogP contribution in [0.25, 0.3) is 0 Å². The first-order valence-electron chi connectivity index (χ1n) is 2.57. The van der Waals surface area contributed by atoms with E-state index in [0.29, 0.717) is 6.42 Å². The van der Waals surface area contributed by atoms with Crippen molar-refractivity contribution < 1.29 is 4.79 Å². The van der Waals surface area contributed by atoms with Crippen molar-refractivity contribution in [3.8, 4) is 12.0 Å². The first-order chi connectivity index (χ1) is 3.84. The van der Waals surface area contributed by atoms with Gasteiger partial charge in [-0.05, 0) is 6.92 Å². The molecule has 1 amide bonds. The van der Waals surface area contributed by atoms with Crippen LogP contribution in [0.15, 0.2) is 0 Å². The lowest BCUT2D eigenvalue weighted by Gasteiger charge is -2.23. The Labute approximate surface area is 48.5 Å². The zero-order valence-corrected chi connectivity index (χ0v) is 4.77. The van der Waals surface area contributed by atoms with Crippen molar-refractivity contribution in [2.24, 2.45) is 0 Å². The number of carbonyl (C=O) groups excluding carboxylic acids is 1. The van der Waals surface area contributed by atoms with E-state index in [-0.39, 0.29) is 5.91 Å². The van der Waals surface area contributed by atoms with E-state index in [2.05, 4.69) is 12.0 Å². The average molecular weight is 109 g/mol. The van der Waals surface area contributed by atoms with Gasteiger partial charge in [-0.2, -0.15) is 0 Å². The molecule has 0 spiro atoms. The summed E-state index contributed by atoms with van der Waals surface area (Å²) < 4.78 is 0. The topological polar surface area (TPSA) is 20.3 Å². The molecule has 0 aliphatic carbocycles. The maximum atomic E-state index is 10.4. The molecular weight excluding hydrogens is 102 g/mol. The molecule has 0 aromatic rings. The quantitative estimate of drug-likeness (QED) is 0.321. The summed E-state index contributed by atoms with van der Waals surface area (Å²) in [7, 11) is 0. The maximum absolute atomic E-state index is 10.4. The summed E-state index contributed by atoms with van der Waals surface area (Å²) >= 11 is 0. The predicted molar refractivity (Wildman–Crippen MR) is 29.8 cm³/mol. The molecule has 0 unspecified atom stereocenters. The smallest absolute Gasteiger partial charge is 0.235 e. The lowest BCUT2D eigenvalue weighted by molar-refractivity contribution is -0.135. The number of rotatable bonds is 0. The fourth-order valence-electron chi connectivity index (χ4n) is 0.568. The number of hydrogen-bond donors (Lipinski definition) is 0. The van der Waals surface area contributed by atoms with Crippen LogP contribution in [0.2, 0.25) is 0 Å². The van der Waals surface area contributed by atoms with Gasteiger partial charge in [-0.1, -0.05) is 5.92 Å². The van der Waals surface area contributed by atoms with Crippen LogP contribution in [0.4, 0.5) is 0 Å². The minimum atomic E-state index is 0.152. The summed E-state index contributed by atoms with van der Waals surface area (Å²) in [5.41, 5.74) is 0.